The number of thiazole rings is 1. The molecule has 0 spiro atoms. The first kappa shape index (κ1) is 16.6. The number of nitrogens with zero attached hydrogens (tertiary/aromatic N) is 2. The Bertz CT molecular complexity index is 909. The van der Waals surface area contributed by atoms with Crippen LogP contribution in [0.4, 0.5) is 5.69 Å². The van der Waals surface area contributed by atoms with E-state index in [-0.39, 0.29) is 11.9 Å². The molecule has 0 amide bonds. The smallest absolute Gasteiger partial charge is 0.212 e. The average molecular weight is 355 g/mol. The van der Waals surface area contributed by atoms with Crippen molar-refractivity contribution in [1.82, 2.24) is 4.57 Å². The Kier molecular flexibility index (Phi) is 4.92. The molecule has 3 aromatic rings. The van der Waals surface area contributed by atoms with Crippen LogP contribution in [0.1, 0.15) is 29.0 Å². The summed E-state index contributed by atoms with van der Waals surface area (Å²) in [4.78, 5) is 5.10. The monoisotopic (exact) mass is 354 g/mol. The second kappa shape index (κ2) is 7.11. The van der Waals surface area contributed by atoms with E-state index in [2.05, 4.69) is 4.99 Å². The van der Waals surface area contributed by atoms with Gasteiger partial charge >= 0.3 is 0 Å². The number of aryl methyl sites for hydroxylation is 1. The topological polar surface area (TPSA) is 37.5 Å². The van der Waals surface area contributed by atoms with E-state index in [4.69, 9.17) is 12.2 Å². The first-order valence-corrected chi connectivity index (χ1v) is 8.88. The van der Waals surface area contributed by atoms with E-state index < -0.39 is 0 Å². The van der Waals surface area contributed by atoms with E-state index in [1.54, 1.807) is 10.8 Å². The maximum absolute atomic E-state index is 10.6. The van der Waals surface area contributed by atoms with Crippen molar-refractivity contribution in [2.24, 2.45) is 4.99 Å². The van der Waals surface area contributed by atoms with Crippen LogP contribution < -0.4 is 0 Å². The SMILES string of the molecule is Cc1ccc(N=Cc2sc(=S)n([C@H](C)c3ccccc3)c2O)cc1. The molecule has 0 unspecified atom stereocenters. The Morgan fingerprint density at radius 1 is 1.12 bits per heavy atom. The van der Waals surface area contributed by atoms with Crippen LogP contribution in [0.3, 0.4) is 0 Å². The quantitative estimate of drug-likeness (QED) is 0.485. The van der Waals surface area contributed by atoms with Crippen molar-refractivity contribution in [2.45, 2.75) is 19.9 Å². The van der Waals surface area contributed by atoms with Gasteiger partial charge in [0.2, 0.25) is 5.88 Å². The average Bonchev–Trinajstić information content (AvgIpc) is 2.88. The molecule has 122 valence electrons. The lowest BCUT2D eigenvalue weighted by atomic mass is 10.1. The molecule has 3 nitrogen and oxygen atoms in total. The molecule has 0 aliphatic rings. The van der Waals surface area contributed by atoms with E-state index in [0.29, 0.717) is 8.83 Å². The Morgan fingerprint density at radius 3 is 2.46 bits per heavy atom. The zero-order chi connectivity index (χ0) is 17.1. The Morgan fingerprint density at radius 2 is 1.79 bits per heavy atom. The first-order chi connectivity index (χ1) is 11.6. The molecule has 0 radical (unpaired) electrons. The van der Waals surface area contributed by atoms with Crippen LogP contribution in [0.5, 0.6) is 5.88 Å². The normalized spacial score (nSPS) is 12.6. The third-order valence-corrected chi connectivity index (χ3v) is 5.20. The summed E-state index contributed by atoms with van der Waals surface area (Å²) in [6.07, 6.45) is 1.68. The van der Waals surface area contributed by atoms with Crippen molar-refractivity contribution in [3.05, 3.63) is 74.6 Å². The summed E-state index contributed by atoms with van der Waals surface area (Å²) in [5, 5.41) is 10.6. The number of hydrogen-bond donors (Lipinski definition) is 1. The zero-order valence-corrected chi connectivity index (χ0v) is 15.1. The molecule has 5 heteroatoms. The largest absolute Gasteiger partial charge is 0.493 e. The molecule has 24 heavy (non-hydrogen) atoms. The minimum atomic E-state index is -0.0310. The van der Waals surface area contributed by atoms with Gasteiger partial charge in [0, 0.05) is 0 Å². The van der Waals surface area contributed by atoms with E-state index in [0.717, 1.165) is 11.3 Å². The molecule has 1 aromatic heterocycles. The molecule has 1 heterocycles. The third-order valence-electron chi connectivity index (χ3n) is 3.88. The zero-order valence-electron chi connectivity index (χ0n) is 13.5. The van der Waals surface area contributed by atoms with Gasteiger partial charge in [-0.3, -0.25) is 9.56 Å². The molecular formula is C19H18N2OS2. The van der Waals surface area contributed by atoms with Crippen LogP contribution in [-0.4, -0.2) is 15.9 Å². The molecular weight excluding hydrogens is 336 g/mol. The van der Waals surface area contributed by atoms with Crippen LogP contribution >= 0.6 is 23.6 Å². The second-order valence-electron chi connectivity index (χ2n) is 5.61. The molecule has 0 saturated heterocycles. The number of rotatable bonds is 4. The van der Waals surface area contributed by atoms with E-state index in [1.807, 2.05) is 68.4 Å². The summed E-state index contributed by atoms with van der Waals surface area (Å²) in [5.74, 6) is 0.164. The lowest BCUT2D eigenvalue weighted by molar-refractivity contribution is 0.405. The molecule has 3 rings (SSSR count). The van der Waals surface area contributed by atoms with Gasteiger partial charge in [-0.2, -0.15) is 0 Å². The van der Waals surface area contributed by atoms with Crippen molar-refractivity contribution in [3.63, 3.8) is 0 Å². The second-order valence-corrected chi connectivity index (χ2v) is 7.28. The maximum atomic E-state index is 10.6. The molecule has 0 fully saturated rings. The van der Waals surface area contributed by atoms with Gasteiger partial charge in [0.15, 0.2) is 3.95 Å². The molecule has 0 aliphatic carbocycles. The highest BCUT2D eigenvalue weighted by Gasteiger charge is 2.16. The fraction of sp³-hybridized carbons (Fsp3) is 0.158. The van der Waals surface area contributed by atoms with Crippen LogP contribution in [0.15, 0.2) is 59.6 Å². The highest BCUT2D eigenvalue weighted by molar-refractivity contribution is 7.73. The summed E-state index contributed by atoms with van der Waals surface area (Å²) >= 11 is 6.81. The number of hydrogen-bond acceptors (Lipinski definition) is 4. The minimum Gasteiger partial charge on any atom is -0.493 e. The van der Waals surface area contributed by atoms with Crippen molar-refractivity contribution in [3.8, 4) is 5.88 Å². The van der Waals surface area contributed by atoms with Crippen LogP contribution in [0.2, 0.25) is 0 Å². The van der Waals surface area contributed by atoms with Crippen LogP contribution in [0, 0.1) is 10.9 Å². The Balaban J connectivity index is 1.92. The van der Waals surface area contributed by atoms with Crippen molar-refractivity contribution >= 4 is 35.5 Å². The van der Waals surface area contributed by atoms with Gasteiger partial charge in [-0.1, -0.05) is 59.4 Å². The van der Waals surface area contributed by atoms with E-state index in [9.17, 15) is 5.11 Å². The molecule has 0 aliphatic heterocycles. The van der Waals surface area contributed by atoms with Crippen molar-refractivity contribution in [1.29, 1.82) is 0 Å². The fourth-order valence-electron chi connectivity index (χ4n) is 2.46. The van der Waals surface area contributed by atoms with Gasteiger partial charge in [0.25, 0.3) is 0 Å². The lowest BCUT2D eigenvalue weighted by Crippen LogP contribution is -2.06. The molecule has 2 aromatic carbocycles. The maximum Gasteiger partial charge on any atom is 0.212 e. The van der Waals surface area contributed by atoms with Crippen LogP contribution in [-0.2, 0) is 0 Å². The molecule has 0 bridgehead atoms. The van der Waals surface area contributed by atoms with E-state index in [1.165, 1.54) is 16.9 Å². The Hall–Kier alpha value is -2.24. The predicted molar refractivity (Wildman–Crippen MR) is 103 cm³/mol. The van der Waals surface area contributed by atoms with Gasteiger partial charge in [0.1, 0.15) is 4.88 Å². The number of benzene rings is 2. The van der Waals surface area contributed by atoms with Gasteiger partial charge in [0.05, 0.1) is 17.9 Å². The summed E-state index contributed by atoms with van der Waals surface area (Å²) in [7, 11) is 0. The number of aliphatic imine (C=N–C) groups is 1. The lowest BCUT2D eigenvalue weighted by Gasteiger charge is -2.14. The number of aromatic hydroxyl groups is 1. The minimum absolute atomic E-state index is 0.0310. The summed E-state index contributed by atoms with van der Waals surface area (Å²) < 4.78 is 2.40. The highest BCUT2D eigenvalue weighted by Crippen LogP contribution is 2.31. The predicted octanol–water partition coefficient (Wildman–Crippen LogP) is 5.65. The van der Waals surface area contributed by atoms with E-state index >= 15 is 0 Å². The fourth-order valence-corrected chi connectivity index (χ4v) is 3.80. The van der Waals surface area contributed by atoms with Gasteiger partial charge in [-0.25, -0.2) is 0 Å². The number of aromatic nitrogens is 1. The summed E-state index contributed by atoms with van der Waals surface area (Å²) in [6, 6.07) is 17.9. The van der Waals surface area contributed by atoms with Gasteiger partial charge in [-0.15, -0.1) is 0 Å². The highest BCUT2D eigenvalue weighted by atomic mass is 32.1. The third kappa shape index (κ3) is 3.47. The molecule has 1 atom stereocenters. The summed E-state index contributed by atoms with van der Waals surface area (Å²) in [5.41, 5.74) is 3.14. The standard InChI is InChI=1S/C19H18N2OS2/c1-13-8-10-16(11-9-13)20-12-17-18(22)21(19(23)24-17)14(2)15-6-4-3-5-7-15/h3-12,14,22H,1-2H3/t14-/m1/s1. The van der Waals surface area contributed by atoms with Crippen molar-refractivity contribution < 1.29 is 5.11 Å². The summed E-state index contributed by atoms with van der Waals surface area (Å²) in [6.45, 7) is 4.06. The molecule has 0 saturated carbocycles. The van der Waals surface area contributed by atoms with Gasteiger partial charge < -0.3 is 5.11 Å². The van der Waals surface area contributed by atoms with Gasteiger partial charge in [-0.05, 0) is 43.8 Å². The van der Waals surface area contributed by atoms with Crippen molar-refractivity contribution in [2.75, 3.05) is 0 Å². The van der Waals surface area contributed by atoms with Crippen LogP contribution in [0.25, 0.3) is 0 Å². The Labute approximate surface area is 150 Å². The first-order valence-electron chi connectivity index (χ1n) is 7.66. The molecule has 1 N–H and O–H groups in total.